The molecule has 82 valence electrons. The lowest BCUT2D eigenvalue weighted by atomic mass is 10.3. The highest BCUT2D eigenvalue weighted by Gasteiger charge is 2.13. The molecule has 0 aliphatic rings. The summed E-state index contributed by atoms with van der Waals surface area (Å²) in [4.78, 5) is 29.2. The molecule has 0 saturated carbocycles. The number of hydrogen-bond acceptors (Lipinski definition) is 6. The van der Waals surface area contributed by atoms with Crippen molar-refractivity contribution in [2.45, 2.75) is 0 Å². The Balaban J connectivity index is 5.04. The summed E-state index contributed by atoms with van der Waals surface area (Å²) in [5.41, 5.74) is -0.145. The zero-order valence-corrected chi connectivity index (χ0v) is 8.81. The van der Waals surface area contributed by atoms with E-state index >= 15 is 0 Å². The fraction of sp³-hybridized carbons (Fsp3) is 0.333. The third-order valence-corrected chi connectivity index (χ3v) is 1.47. The van der Waals surface area contributed by atoms with E-state index in [4.69, 9.17) is 0 Å². The maximum absolute atomic E-state index is 11.1. The van der Waals surface area contributed by atoms with Crippen molar-refractivity contribution in [3.8, 4) is 0 Å². The number of ether oxygens (including phenoxy) is 2. The van der Waals surface area contributed by atoms with Crippen molar-refractivity contribution in [1.29, 1.82) is 0 Å². The van der Waals surface area contributed by atoms with Gasteiger partial charge in [0.1, 0.15) is 11.4 Å². The van der Waals surface area contributed by atoms with Gasteiger partial charge in [-0.2, -0.15) is 0 Å². The second-order valence-corrected chi connectivity index (χ2v) is 2.28. The molecule has 0 rings (SSSR count). The fourth-order valence-corrected chi connectivity index (χ4v) is 0.723. The first-order chi connectivity index (χ1) is 7.10. The average Bonchev–Trinajstić information content (AvgIpc) is 2.28. The molecule has 0 aromatic carbocycles. The highest BCUT2D eigenvalue weighted by molar-refractivity contribution is 6.41. The maximum Gasteiger partial charge on any atom is 0.356 e. The van der Waals surface area contributed by atoms with Crippen molar-refractivity contribution < 1.29 is 19.1 Å². The van der Waals surface area contributed by atoms with Crippen molar-refractivity contribution >= 4 is 24.4 Å². The van der Waals surface area contributed by atoms with Crippen molar-refractivity contribution in [3.05, 3.63) is 11.8 Å². The quantitative estimate of drug-likeness (QED) is 0.373. The summed E-state index contributed by atoms with van der Waals surface area (Å²) in [6, 6.07) is 0. The molecular formula is C9H12N2O4. The number of hydrogen-bond donors (Lipinski definition) is 0. The summed E-state index contributed by atoms with van der Waals surface area (Å²) < 4.78 is 8.85. The van der Waals surface area contributed by atoms with Crippen LogP contribution >= 0.6 is 0 Å². The molecule has 0 N–H and O–H groups in total. The molecule has 6 heteroatoms. The molecule has 0 aromatic rings. The minimum atomic E-state index is -0.699. The first kappa shape index (κ1) is 13.0. The highest BCUT2D eigenvalue weighted by atomic mass is 16.5. The van der Waals surface area contributed by atoms with Crippen molar-refractivity contribution in [2.75, 3.05) is 21.3 Å². The maximum atomic E-state index is 11.1. The smallest absolute Gasteiger partial charge is 0.356 e. The van der Waals surface area contributed by atoms with Crippen LogP contribution in [0.2, 0.25) is 0 Å². The molecule has 0 aliphatic heterocycles. The lowest BCUT2D eigenvalue weighted by Gasteiger charge is -2.00. The standard InChI is InChI=1S/C9H12N2O4/c1-10-6(8(12)14-3)5-7(11-2)9(13)15-4/h5H,1H2,2-4H3/b6-5-,11-7?. The Morgan fingerprint density at radius 3 is 2.07 bits per heavy atom. The number of methoxy groups -OCH3 is 2. The van der Waals surface area contributed by atoms with Gasteiger partial charge < -0.3 is 9.47 Å². The predicted molar refractivity (Wildman–Crippen MR) is 55.0 cm³/mol. The normalized spacial score (nSPS) is 11.9. The molecule has 0 aliphatic carbocycles. The fourth-order valence-electron chi connectivity index (χ4n) is 0.723. The molecule has 0 saturated heterocycles. The molecule has 0 atom stereocenters. The largest absolute Gasteiger partial charge is 0.464 e. The van der Waals surface area contributed by atoms with Gasteiger partial charge in [-0.05, 0) is 6.72 Å². The molecule has 0 heterocycles. The number of aliphatic imine (C=N–C) groups is 2. The first-order valence-corrected chi connectivity index (χ1v) is 3.92. The van der Waals surface area contributed by atoms with Crippen LogP contribution in [-0.2, 0) is 19.1 Å². The molecular weight excluding hydrogens is 200 g/mol. The second-order valence-electron chi connectivity index (χ2n) is 2.28. The van der Waals surface area contributed by atoms with Crippen LogP contribution in [0, 0.1) is 0 Å². The second kappa shape index (κ2) is 6.47. The Kier molecular flexibility index (Phi) is 5.62. The van der Waals surface area contributed by atoms with Crippen LogP contribution in [0.1, 0.15) is 0 Å². The Bertz CT molecular complexity index is 331. The molecule has 15 heavy (non-hydrogen) atoms. The summed E-state index contributed by atoms with van der Waals surface area (Å²) >= 11 is 0. The van der Waals surface area contributed by atoms with E-state index in [-0.39, 0.29) is 11.4 Å². The van der Waals surface area contributed by atoms with Gasteiger partial charge in [-0.25, -0.2) is 9.59 Å². The predicted octanol–water partition coefficient (Wildman–Crippen LogP) is -0.0123. The van der Waals surface area contributed by atoms with E-state index in [0.717, 1.165) is 6.08 Å². The van der Waals surface area contributed by atoms with Crippen LogP contribution in [0.3, 0.4) is 0 Å². The minimum Gasteiger partial charge on any atom is -0.464 e. The number of esters is 2. The monoisotopic (exact) mass is 212 g/mol. The average molecular weight is 212 g/mol. The lowest BCUT2D eigenvalue weighted by molar-refractivity contribution is -0.136. The lowest BCUT2D eigenvalue weighted by Crippen LogP contribution is -2.15. The van der Waals surface area contributed by atoms with Crippen molar-refractivity contribution in [3.63, 3.8) is 0 Å². The number of nitrogens with zero attached hydrogens (tertiary/aromatic N) is 2. The van der Waals surface area contributed by atoms with Crippen LogP contribution in [0.15, 0.2) is 21.8 Å². The van der Waals surface area contributed by atoms with Crippen molar-refractivity contribution in [2.24, 2.45) is 9.98 Å². The third kappa shape index (κ3) is 3.72. The van der Waals surface area contributed by atoms with Gasteiger partial charge in [0.05, 0.1) is 14.2 Å². The van der Waals surface area contributed by atoms with E-state index in [2.05, 4.69) is 26.2 Å². The van der Waals surface area contributed by atoms with E-state index in [1.807, 2.05) is 0 Å². The number of rotatable bonds is 4. The highest BCUT2D eigenvalue weighted by Crippen LogP contribution is 2.00. The topological polar surface area (TPSA) is 77.3 Å². The Morgan fingerprint density at radius 2 is 1.73 bits per heavy atom. The molecule has 0 spiro atoms. The summed E-state index contributed by atoms with van der Waals surface area (Å²) in [6.07, 6.45) is 1.14. The van der Waals surface area contributed by atoms with E-state index < -0.39 is 11.9 Å². The minimum absolute atomic E-state index is 0.0368. The van der Waals surface area contributed by atoms with Gasteiger partial charge in [0, 0.05) is 13.1 Å². The van der Waals surface area contributed by atoms with Crippen molar-refractivity contribution in [1.82, 2.24) is 0 Å². The SMILES string of the molecule is C=N/C(=C\C(=NC)C(=O)OC)C(=O)OC. The van der Waals surface area contributed by atoms with Gasteiger partial charge in [0.25, 0.3) is 0 Å². The van der Waals surface area contributed by atoms with Crippen LogP contribution < -0.4 is 0 Å². The van der Waals surface area contributed by atoms with Gasteiger partial charge >= 0.3 is 11.9 Å². The van der Waals surface area contributed by atoms with Gasteiger partial charge in [0.2, 0.25) is 0 Å². The molecule has 6 nitrogen and oxygen atoms in total. The van der Waals surface area contributed by atoms with Crippen LogP contribution in [0.4, 0.5) is 0 Å². The van der Waals surface area contributed by atoms with E-state index in [0.29, 0.717) is 0 Å². The van der Waals surface area contributed by atoms with Gasteiger partial charge in [0.15, 0.2) is 0 Å². The zero-order chi connectivity index (χ0) is 11.8. The van der Waals surface area contributed by atoms with Gasteiger partial charge in [-0.3, -0.25) is 9.98 Å². The molecule has 0 fully saturated rings. The first-order valence-electron chi connectivity index (χ1n) is 3.92. The van der Waals surface area contributed by atoms with E-state index in [1.165, 1.54) is 21.3 Å². The Hall–Kier alpha value is -1.98. The van der Waals surface area contributed by atoms with Crippen LogP contribution in [-0.4, -0.2) is 45.6 Å². The molecule has 0 unspecified atom stereocenters. The zero-order valence-electron chi connectivity index (χ0n) is 8.81. The Labute approximate surface area is 87.3 Å². The summed E-state index contributed by atoms with van der Waals surface area (Å²) in [7, 11) is 3.80. The summed E-state index contributed by atoms with van der Waals surface area (Å²) in [6.45, 7) is 3.18. The number of carbonyl (C=O) groups excluding carboxylic acids is 2. The van der Waals surface area contributed by atoms with Crippen LogP contribution in [0.25, 0.3) is 0 Å². The number of carbonyl (C=O) groups is 2. The third-order valence-electron chi connectivity index (χ3n) is 1.47. The molecule has 0 amide bonds. The van der Waals surface area contributed by atoms with E-state index in [9.17, 15) is 9.59 Å². The van der Waals surface area contributed by atoms with E-state index in [1.54, 1.807) is 0 Å². The van der Waals surface area contributed by atoms with Gasteiger partial charge in [-0.15, -0.1) is 0 Å². The molecule has 0 radical (unpaired) electrons. The summed E-state index contributed by atoms with van der Waals surface area (Å²) in [5.74, 6) is -1.36. The van der Waals surface area contributed by atoms with Gasteiger partial charge in [-0.1, -0.05) is 0 Å². The summed E-state index contributed by atoms with van der Waals surface area (Å²) in [5, 5.41) is 0. The Morgan fingerprint density at radius 1 is 1.20 bits per heavy atom. The molecule has 0 bridgehead atoms. The van der Waals surface area contributed by atoms with Crippen LogP contribution in [0.5, 0.6) is 0 Å². The molecule has 0 aromatic heterocycles.